The Labute approximate surface area is 220 Å². The van der Waals surface area contributed by atoms with Gasteiger partial charge in [-0.3, -0.25) is 0 Å². The molecule has 2 heterocycles. The van der Waals surface area contributed by atoms with Crippen LogP contribution in [0.2, 0.25) is 15.1 Å². The van der Waals surface area contributed by atoms with E-state index >= 15 is 0 Å². The summed E-state index contributed by atoms with van der Waals surface area (Å²) < 4.78 is 27.5. The largest absolute Gasteiger partial charge is 0.493 e. The summed E-state index contributed by atoms with van der Waals surface area (Å²) in [6.07, 6.45) is 3.20. The third-order valence-corrected chi connectivity index (χ3v) is 17.8. The zero-order valence-electron chi connectivity index (χ0n) is 23.5. The van der Waals surface area contributed by atoms with E-state index in [1.807, 2.05) is 0 Å². The van der Waals surface area contributed by atoms with Crippen LogP contribution in [0.3, 0.4) is 0 Å². The second-order valence-electron chi connectivity index (χ2n) is 13.3. The second-order valence-corrected chi connectivity index (χ2v) is 22.3. The van der Waals surface area contributed by atoms with Crippen molar-refractivity contribution in [2.24, 2.45) is 0 Å². The highest BCUT2D eigenvalue weighted by atomic mass is 28.4. The van der Waals surface area contributed by atoms with Gasteiger partial charge in [-0.2, -0.15) is 0 Å². The lowest BCUT2D eigenvalue weighted by molar-refractivity contribution is -0.119. The second kappa shape index (κ2) is 9.55. The number of fused-ring (bicyclic) bond motifs is 1. The molecule has 6 heteroatoms. The van der Waals surface area contributed by atoms with Crippen molar-refractivity contribution in [1.29, 1.82) is 0 Å². The molecule has 1 fully saturated rings. The number of benzene rings is 2. The van der Waals surface area contributed by atoms with Gasteiger partial charge in [0.25, 0.3) is 8.32 Å². The average molecular weight is 525 g/mol. The highest BCUT2D eigenvalue weighted by molar-refractivity contribution is 6.99. The molecule has 36 heavy (non-hydrogen) atoms. The first-order valence-corrected chi connectivity index (χ1v) is 16.9. The van der Waals surface area contributed by atoms with Crippen LogP contribution in [0.25, 0.3) is 0 Å². The quantitative estimate of drug-likeness (QED) is 0.440. The molecule has 1 saturated heterocycles. The van der Waals surface area contributed by atoms with Gasteiger partial charge in [0.1, 0.15) is 12.2 Å². The lowest BCUT2D eigenvalue weighted by Crippen LogP contribution is -2.71. The predicted octanol–water partition coefficient (Wildman–Crippen LogP) is 6.30. The Morgan fingerprint density at radius 3 is 1.72 bits per heavy atom. The molecule has 0 N–H and O–H groups in total. The molecule has 0 amide bonds. The molecule has 3 atom stereocenters. The van der Waals surface area contributed by atoms with Crippen molar-refractivity contribution in [2.75, 3.05) is 6.61 Å². The highest BCUT2D eigenvalue weighted by Gasteiger charge is 2.64. The minimum atomic E-state index is -2.76. The molecule has 4 nitrogen and oxygen atoms in total. The monoisotopic (exact) mass is 524 g/mol. The molecule has 0 unspecified atom stereocenters. The van der Waals surface area contributed by atoms with Crippen molar-refractivity contribution in [3.05, 3.63) is 73.0 Å². The first-order valence-electron chi connectivity index (χ1n) is 13.2. The Kier molecular flexibility index (Phi) is 7.25. The standard InChI is InChI=1S/C30H44O4Si2/c1-28(2,3)35(23-16-12-10-13-17-23,24-18-14-11-15-19-24)33-25-20-21-31-26-22-32-36(29(4,5)6,30(7,8)9)34-27(25)26/h10-21,25-27H,22H2,1-9H3/t25-,26-,27+/m1/s1. The lowest BCUT2D eigenvalue weighted by Gasteiger charge is -2.56. The van der Waals surface area contributed by atoms with Crippen LogP contribution >= 0.6 is 0 Å². The number of rotatable bonds is 4. The molecular weight excluding hydrogens is 480 g/mol. The first kappa shape index (κ1) is 27.3. The Hall–Kier alpha value is -1.71. The van der Waals surface area contributed by atoms with Crippen molar-refractivity contribution in [2.45, 2.75) is 95.7 Å². The summed E-state index contributed by atoms with van der Waals surface area (Å²) in [6, 6.07) is 21.6. The van der Waals surface area contributed by atoms with Crippen molar-refractivity contribution in [3.8, 4) is 0 Å². The summed E-state index contributed by atoms with van der Waals surface area (Å²) in [4.78, 5) is 0. The van der Waals surface area contributed by atoms with Crippen LogP contribution in [0, 0.1) is 0 Å². The molecule has 4 rings (SSSR count). The minimum Gasteiger partial charge on any atom is -0.493 e. The number of ether oxygens (including phenoxy) is 1. The van der Waals surface area contributed by atoms with Gasteiger partial charge in [-0.25, -0.2) is 0 Å². The third kappa shape index (κ3) is 4.56. The smallest absolute Gasteiger partial charge is 0.349 e. The van der Waals surface area contributed by atoms with Crippen LogP contribution in [0.5, 0.6) is 0 Å². The Balaban J connectivity index is 1.84. The molecular formula is C30H44O4Si2. The van der Waals surface area contributed by atoms with Crippen LogP contribution < -0.4 is 10.4 Å². The Morgan fingerprint density at radius 1 is 0.778 bits per heavy atom. The average Bonchev–Trinajstić information content (AvgIpc) is 2.81. The van der Waals surface area contributed by atoms with Gasteiger partial charge in [-0.1, -0.05) is 123 Å². The molecule has 0 aliphatic carbocycles. The van der Waals surface area contributed by atoms with E-state index in [0.717, 1.165) is 0 Å². The van der Waals surface area contributed by atoms with E-state index < -0.39 is 16.9 Å². The van der Waals surface area contributed by atoms with Crippen LogP contribution in [-0.2, 0) is 18.0 Å². The van der Waals surface area contributed by atoms with Crippen molar-refractivity contribution in [3.63, 3.8) is 0 Å². The third-order valence-electron chi connectivity index (χ3n) is 7.67. The van der Waals surface area contributed by atoms with E-state index in [2.05, 4.69) is 129 Å². The molecule has 0 radical (unpaired) electrons. The van der Waals surface area contributed by atoms with Crippen molar-refractivity contribution in [1.82, 2.24) is 0 Å². The van der Waals surface area contributed by atoms with Gasteiger partial charge in [-0.05, 0) is 21.5 Å². The van der Waals surface area contributed by atoms with Crippen molar-refractivity contribution < 1.29 is 18.0 Å². The first-order chi connectivity index (χ1) is 16.7. The van der Waals surface area contributed by atoms with E-state index in [0.29, 0.717) is 6.61 Å². The van der Waals surface area contributed by atoms with Crippen LogP contribution in [-0.4, -0.2) is 41.8 Å². The normalized spacial score (nSPS) is 24.6. The van der Waals surface area contributed by atoms with Gasteiger partial charge in [0, 0.05) is 10.1 Å². The van der Waals surface area contributed by atoms with Gasteiger partial charge < -0.3 is 18.0 Å². The van der Waals surface area contributed by atoms with Crippen LogP contribution in [0.15, 0.2) is 73.0 Å². The zero-order chi connectivity index (χ0) is 26.4. The van der Waals surface area contributed by atoms with Gasteiger partial charge >= 0.3 is 8.56 Å². The summed E-state index contributed by atoms with van der Waals surface area (Å²) in [5.41, 5.74) is 0. The van der Waals surface area contributed by atoms with Crippen LogP contribution in [0.4, 0.5) is 0 Å². The molecule has 2 aromatic carbocycles. The van der Waals surface area contributed by atoms with E-state index in [1.165, 1.54) is 10.4 Å². The van der Waals surface area contributed by atoms with Gasteiger partial charge in [0.2, 0.25) is 0 Å². The molecule has 0 aromatic heterocycles. The molecule has 2 aromatic rings. The van der Waals surface area contributed by atoms with E-state index in [4.69, 9.17) is 18.0 Å². The van der Waals surface area contributed by atoms with Gasteiger partial charge in [-0.15, -0.1) is 0 Å². The summed E-state index contributed by atoms with van der Waals surface area (Å²) in [7, 11) is -5.46. The SMILES string of the molecule is CC(C)(C)[Si](O[C@@H]1C=CO[C@@H]2CO[Si](C(C)(C)C)(C(C)(C)C)O[C@@H]12)(c1ccccc1)c1ccccc1. The lowest BCUT2D eigenvalue weighted by atomic mass is 10.1. The fraction of sp³-hybridized carbons (Fsp3) is 0.533. The Bertz CT molecular complexity index is 995. The molecule has 2 aliphatic heterocycles. The van der Waals surface area contributed by atoms with Gasteiger partial charge in [0.05, 0.1) is 19.0 Å². The van der Waals surface area contributed by atoms with E-state index in [9.17, 15) is 0 Å². The molecule has 0 spiro atoms. The fourth-order valence-corrected chi connectivity index (χ4v) is 15.8. The maximum absolute atomic E-state index is 7.52. The van der Waals surface area contributed by atoms with E-state index in [-0.39, 0.29) is 33.4 Å². The van der Waals surface area contributed by atoms with Crippen LogP contribution in [0.1, 0.15) is 62.3 Å². The molecule has 196 valence electrons. The Morgan fingerprint density at radius 2 is 1.28 bits per heavy atom. The minimum absolute atomic E-state index is 0.112. The maximum Gasteiger partial charge on any atom is 0.349 e. The zero-order valence-corrected chi connectivity index (χ0v) is 25.5. The number of hydrogen-bond donors (Lipinski definition) is 0. The molecule has 0 saturated carbocycles. The summed E-state index contributed by atoms with van der Waals surface area (Å²) in [5, 5.41) is 2.19. The van der Waals surface area contributed by atoms with E-state index in [1.54, 1.807) is 6.26 Å². The summed E-state index contributed by atoms with van der Waals surface area (Å²) in [6.45, 7) is 21.0. The molecule has 2 aliphatic rings. The topological polar surface area (TPSA) is 36.9 Å². The highest BCUT2D eigenvalue weighted by Crippen LogP contribution is 2.55. The number of hydrogen-bond acceptors (Lipinski definition) is 4. The molecule has 0 bridgehead atoms. The summed E-state index contributed by atoms with van der Waals surface area (Å²) in [5.74, 6) is 0. The maximum atomic E-state index is 7.52. The summed E-state index contributed by atoms with van der Waals surface area (Å²) >= 11 is 0. The predicted molar refractivity (Wildman–Crippen MR) is 153 cm³/mol. The fourth-order valence-electron chi connectivity index (χ4n) is 6.24. The van der Waals surface area contributed by atoms with Crippen molar-refractivity contribution >= 4 is 27.3 Å². The van der Waals surface area contributed by atoms with Gasteiger partial charge in [0.15, 0.2) is 0 Å².